The van der Waals surface area contributed by atoms with Crippen LogP contribution in [0.3, 0.4) is 0 Å². The quantitative estimate of drug-likeness (QED) is 0.140. The standard InChI is InChI=1S/C39H28Cl2N4O6/c40-31-16-29-35(18-33(31)46)51-36-19-34(47)32(41)17-30(36)37(29)27-12-7-22(15-28(27)39(49)50)38(48)44-23-8-10-26(11-9-23)45(20-24-5-1-3-13-42-24)21-25-6-2-4-14-43-25/h1-19,29,37,47H,20-21H2,(H,44,48)(H,49,50). The van der Waals surface area contributed by atoms with Gasteiger partial charge in [-0.05, 0) is 72.3 Å². The van der Waals surface area contributed by atoms with E-state index in [2.05, 4.69) is 20.2 Å². The van der Waals surface area contributed by atoms with E-state index >= 15 is 0 Å². The van der Waals surface area contributed by atoms with Crippen molar-refractivity contribution in [2.75, 3.05) is 10.2 Å². The molecule has 7 rings (SSSR count). The molecule has 0 fully saturated rings. The Morgan fingerprint density at radius 2 is 1.55 bits per heavy atom. The van der Waals surface area contributed by atoms with Gasteiger partial charge in [-0.1, -0.05) is 47.5 Å². The zero-order valence-corrected chi connectivity index (χ0v) is 28.2. The number of rotatable bonds is 9. The van der Waals surface area contributed by atoms with Gasteiger partial charge in [-0.3, -0.25) is 19.6 Å². The smallest absolute Gasteiger partial charge is 0.336 e. The molecule has 2 aromatic heterocycles. The van der Waals surface area contributed by atoms with Crippen LogP contribution in [0.25, 0.3) is 0 Å². The molecule has 1 amide bonds. The Balaban J connectivity index is 1.16. The van der Waals surface area contributed by atoms with Crippen molar-refractivity contribution in [2.24, 2.45) is 5.92 Å². The molecule has 2 unspecified atom stereocenters. The van der Waals surface area contributed by atoms with Crippen LogP contribution < -0.4 is 15.0 Å². The van der Waals surface area contributed by atoms with Gasteiger partial charge in [-0.15, -0.1) is 0 Å². The highest BCUT2D eigenvalue weighted by molar-refractivity contribution is 6.44. The SMILES string of the molecule is O=C1C=C2Oc3cc(O)c(Cl)cc3C(c3ccc(C(=O)Nc4ccc(N(Cc5ccccn5)Cc5ccccn5)cc4)cc3C(=O)O)C2C=C1Cl. The topological polar surface area (TPSA) is 142 Å². The molecular formula is C39H28Cl2N4O6. The lowest BCUT2D eigenvalue weighted by Gasteiger charge is -2.36. The number of carbonyl (C=O) groups excluding carboxylic acids is 2. The zero-order chi connectivity index (χ0) is 35.6. The van der Waals surface area contributed by atoms with Crippen LogP contribution in [0.15, 0.2) is 126 Å². The molecule has 1 aliphatic heterocycles. The molecule has 0 bridgehead atoms. The van der Waals surface area contributed by atoms with Gasteiger partial charge < -0.3 is 25.2 Å². The van der Waals surface area contributed by atoms with Crippen molar-refractivity contribution in [3.63, 3.8) is 0 Å². The second-order valence-electron chi connectivity index (χ2n) is 12.0. The van der Waals surface area contributed by atoms with E-state index in [1.807, 2.05) is 48.5 Å². The van der Waals surface area contributed by atoms with E-state index in [9.17, 15) is 24.6 Å². The van der Waals surface area contributed by atoms with Crippen LogP contribution in [0.2, 0.25) is 5.02 Å². The van der Waals surface area contributed by atoms with E-state index in [1.165, 1.54) is 36.4 Å². The summed E-state index contributed by atoms with van der Waals surface area (Å²) < 4.78 is 5.95. The summed E-state index contributed by atoms with van der Waals surface area (Å²) in [5, 5.41) is 23.5. The van der Waals surface area contributed by atoms with Crippen molar-refractivity contribution >= 4 is 52.2 Å². The molecular weight excluding hydrogens is 691 g/mol. The number of phenolic OH excluding ortho intramolecular Hbond substituents is 1. The van der Waals surface area contributed by atoms with E-state index in [1.54, 1.807) is 30.6 Å². The average Bonchev–Trinajstić information content (AvgIpc) is 3.13. The lowest BCUT2D eigenvalue weighted by molar-refractivity contribution is -0.111. The number of carboxylic acids is 1. The molecule has 10 nitrogen and oxygen atoms in total. The number of benzene rings is 3. The highest BCUT2D eigenvalue weighted by atomic mass is 35.5. The molecule has 3 aromatic carbocycles. The number of aromatic nitrogens is 2. The number of aromatic carboxylic acids is 1. The third kappa shape index (κ3) is 7.05. The summed E-state index contributed by atoms with van der Waals surface area (Å²) in [5.41, 5.74) is 3.96. The molecule has 0 spiro atoms. The maximum absolute atomic E-state index is 13.5. The maximum atomic E-state index is 13.5. The van der Waals surface area contributed by atoms with Crippen LogP contribution in [0, 0.1) is 5.92 Å². The summed E-state index contributed by atoms with van der Waals surface area (Å²) in [4.78, 5) is 49.7. The Morgan fingerprint density at radius 3 is 2.18 bits per heavy atom. The highest BCUT2D eigenvalue weighted by Gasteiger charge is 2.40. The Hall–Kier alpha value is -5.97. The molecule has 3 N–H and O–H groups in total. The number of nitrogens with zero attached hydrogens (tertiary/aromatic N) is 3. The Morgan fingerprint density at radius 1 is 0.863 bits per heavy atom. The summed E-state index contributed by atoms with van der Waals surface area (Å²) in [6.45, 7) is 1.07. The molecule has 2 atom stereocenters. The number of halogens is 2. The normalized spacial score (nSPS) is 16.2. The number of ether oxygens (including phenoxy) is 1. The summed E-state index contributed by atoms with van der Waals surface area (Å²) in [5.74, 6) is -3.41. The lowest BCUT2D eigenvalue weighted by atomic mass is 9.74. The second kappa shape index (κ2) is 14.1. The van der Waals surface area contributed by atoms with Crippen LogP contribution in [-0.2, 0) is 17.9 Å². The van der Waals surface area contributed by atoms with E-state index in [0.717, 1.165) is 17.1 Å². The minimum Gasteiger partial charge on any atom is -0.506 e. The van der Waals surface area contributed by atoms with Gasteiger partial charge in [-0.2, -0.15) is 0 Å². The van der Waals surface area contributed by atoms with E-state index in [4.69, 9.17) is 27.9 Å². The number of fused-ring (bicyclic) bond motifs is 2. The molecule has 2 aliphatic rings. The molecule has 0 radical (unpaired) electrons. The fourth-order valence-electron chi connectivity index (χ4n) is 6.27. The number of pyridine rings is 2. The minimum atomic E-state index is -1.27. The molecule has 1 aliphatic carbocycles. The van der Waals surface area contributed by atoms with E-state index in [-0.39, 0.29) is 38.4 Å². The first-order valence-electron chi connectivity index (χ1n) is 15.8. The molecule has 3 heterocycles. The van der Waals surface area contributed by atoms with Crippen LogP contribution in [0.1, 0.15) is 49.1 Å². The van der Waals surface area contributed by atoms with Crippen molar-refractivity contribution < 1.29 is 29.3 Å². The molecule has 12 heteroatoms. The summed E-state index contributed by atoms with van der Waals surface area (Å²) in [7, 11) is 0. The fraction of sp³-hybridized carbons (Fsp3) is 0.103. The number of hydrogen-bond acceptors (Lipinski definition) is 8. The summed E-state index contributed by atoms with van der Waals surface area (Å²) in [6.07, 6.45) is 6.26. The first-order chi connectivity index (χ1) is 24.6. The van der Waals surface area contributed by atoms with Gasteiger partial charge in [0.15, 0.2) is 5.78 Å². The maximum Gasteiger partial charge on any atom is 0.336 e. The predicted octanol–water partition coefficient (Wildman–Crippen LogP) is 7.72. The third-order valence-corrected chi connectivity index (χ3v) is 9.31. The number of allylic oxidation sites excluding steroid dienone is 3. The first kappa shape index (κ1) is 33.5. The van der Waals surface area contributed by atoms with Gasteiger partial charge in [0.05, 0.1) is 40.1 Å². The summed E-state index contributed by atoms with van der Waals surface area (Å²) >= 11 is 12.5. The Bertz CT molecular complexity index is 2190. The van der Waals surface area contributed by atoms with Crippen LogP contribution in [0.5, 0.6) is 11.5 Å². The van der Waals surface area contributed by atoms with Crippen LogP contribution in [-0.4, -0.2) is 37.8 Å². The van der Waals surface area contributed by atoms with Gasteiger partial charge >= 0.3 is 5.97 Å². The van der Waals surface area contributed by atoms with Crippen molar-refractivity contribution in [1.82, 2.24) is 9.97 Å². The minimum absolute atomic E-state index is 0.0345. The van der Waals surface area contributed by atoms with Crippen LogP contribution in [0.4, 0.5) is 11.4 Å². The fourth-order valence-corrected chi connectivity index (χ4v) is 6.63. The number of ketones is 1. The Kier molecular flexibility index (Phi) is 9.27. The van der Waals surface area contributed by atoms with E-state index in [0.29, 0.717) is 29.9 Å². The van der Waals surface area contributed by atoms with Crippen LogP contribution >= 0.6 is 23.2 Å². The predicted molar refractivity (Wildman–Crippen MR) is 192 cm³/mol. The number of carbonyl (C=O) groups is 3. The monoisotopic (exact) mass is 718 g/mol. The highest BCUT2D eigenvalue weighted by Crippen LogP contribution is 2.51. The van der Waals surface area contributed by atoms with Crippen molar-refractivity contribution in [3.8, 4) is 11.5 Å². The van der Waals surface area contributed by atoms with Gasteiger partial charge in [0.1, 0.15) is 17.3 Å². The van der Waals surface area contributed by atoms with Gasteiger partial charge in [-0.25, -0.2) is 4.79 Å². The van der Waals surface area contributed by atoms with Gasteiger partial charge in [0, 0.05) is 58.9 Å². The number of anilines is 2. The number of phenols is 1. The third-order valence-electron chi connectivity index (χ3n) is 8.69. The molecule has 5 aromatic rings. The molecule has 254 valence electrons. The lowest BCUT2D eigenvalue weighted by Crippen LogP contribution is -2.28. The van der Waals surface area contributed by atoms with Crippen molar-refractivity contribution in [3.05, 3.63) is 165 Å². The molecule has 0 saturated heterocycles. The molecule has 0 saturated carbocycles. The van der Waals surface area contributed by atoms with Gasteiger partial charge in [0.25, 0.3) is 5.91 Å². The number of carboxylic acid groups (broad SMARTS) is 1. The van der Waals surface area contributed by atoms with Gasteiger partial charge in [0.2, 0.25) is 0 Å². The largest absolute Gasteiger partial charge is 0.506 e. The van der Waals surface area contributed by atoms with Crippen molar-refractivity contribution in [2.45, 2.75) is 19.0 Å². The summed E-state index contributed by atoms with van der Waals surface area (Å²) in [6, 6.07) is 26.0. The average molecular weight is 720 g/mol. The zero-order valence-electron chi connectivity index (χ0n) is 26.7. The Labute approximate surface area is 302 Å². The van der Waals surface area contributed by atoms with E-state index < -0.39 is 29.5 Å². The number of hydrogen-bond donors (Lipinski definition) is 3. The van der Waals surface area contributed by atoms with Crippen molar-refractivity contribution in [1.29, 1.82) is 0 Å². The number of aromatic hydroxyl groups is 1. The molecule has 51 heavy (non-hydrogen) atoms. The number of amides is 1. The number of nitrogens with one attached hydrogen (secondary N) is 1. The first-order valence-corrected chi connectivity index (χ1v) is 16.6. The second-order valence-corrected chi connectivity index (χ2v) is 12.8.